The number of carbonyl (C=O) groups is 1. The molecular weight excluding hydrogens is 218 g/mol. The molecule has 88 valence electrons. The Morgan fingerprint density at radius 2 is 2.24 bits per heavy atom. The lowest BCUT2D eigenvalue weighted by atomic mass is 10.3. The van der Waals surface area contributed by atoms with E-state index < -0.39 is 0 Å². The van der Waals surface area contributed by atoms with E-state index >= 15 is 0 Å². The molecule has 0 unspecified atom stereocenters. The average Bonchev–Trinajstić information content (AvgIpc) is 2.34. The first-order valence-electron chi connectivity index (χ1n) is 5.41. The SMILES string of the molecule is CCC(=O)Nc1c(C)nc2ccccn2c1=O. The van der Waals surface area contributed by atoms with Crippen LogP contribution >= 0.6 is 0 Å². The number of aryl methyl sites for hydroxylation is 1. The van der Waals surface area contributed by atoms with Crippen molar-refractivity contribution in [3.05, 3.63) is 40.4 Å². The fourth-order valence-corrected chi connectivity index (χ4v) is 1.57. The van der Waals surface area contributed by atoms with Gasteiger partial charge < -0.3 is 5.32 Å². The Balaban J connectivity index is 2.64. The van der Waals surface area contributed by atoms with Gasteiger partial charge >= 0.3 is 0 Å². The van der Waals surface area contributed by atoms with Crippen molar-refractivity contribution in [1.29, 1.82) is 0 Å². The number of amides is 1. The van der Waals surface area contributed by atoms with E-state index in [1.165, 1.54) is 4.40 Å². The van der Waals surface area contributed by atoms with E-state index in [0.717, 1.165) is 0 Å². The van der Waals surface area contributed by atoms with Gasteiger partial charge in [-0.15, -0.1) is 0 Å². The Bertz CT molecular complexity index is 631. The zero-order valence-electron chi connectivity index (χ0n) is 9.73. The van der Waals surface area contributed by atoms with Gasteiger partial charge in [-0.3, -0.25) is 14.0 Å². The number of carbonyl (C=O) groups excluding carboxylic acids is 1. The van der Waals surface area contributed by atoms with Gasteiger partial charge in [-0.1, -0.05) is 13.0 Å². The van der Waals surface area contributed by atoms with Crippen molar-refractivity contribution in [2.75, 3.05) is 5.32 Å². The van der Waals surface area contributed by atoms with Gasteiger partial charge in [0.05, 0.1) is 5.69 Å². The van der Waals surface area contributed by atoms with Crippen LogP contribution in [0, 0.1) is 6.92 Å². The highest BCUT2D eigenvalue weighted by Gasteiger charge is 2.10. The van der Waals surface area contributed by atoms with Gasteiger partial charge in [0, 0.05) is 12.6 Å². The number of nitrogens with one attached hydrogen (secondary N) is 1. The maximum absolute atomic E-state index is 12.1. The highest BCUT2D eigenvalue weighted by Crippen LogP contribution is 2.08. The topological polar surface area (TPSA) is 63.5 Å². The number of hydrogen-bond donors (Lipinski definition) is 1. The van der Waals surface area contributed by atoms with E-state index in [9.17, 15) is 9.59 Å². The van der Waals surface area contributed by atoms with Crippen molar-refractivity contribution in [3.63, 3.8) is 0 Å². The number of anilines is 1. The summed E-state index contributed by atoms with van der Waals surface area (Å²) in [4.78, 5) is 27.7. The molecule has 0 bridgehead atoms. The van der Waals surface area contributed by atoms with Crippen molar-refractivity contribution < 1.29 is 4.79 Å². The molecule has 0 aliphatic rings. The van der Waals surface area contributed by atoms with E-state index in [1.807, 2.05) is 6.07 Å². The van der Waals surface area contributed by atoms with Crippen molar-refractivity contribution in [2.45, 2.75) is 20.3 Å². The number of fused-ring (bicyclic) bond motifs is 1. The van der Waals surface area contributed by atoms with E-state index in [-0.39, 0.29) is 17.2 Å². The number of pyridine rings is 1. The van der Waals surface area contributed by atoms with Gasteiger partial charge in [0.1, 0.15) is 11.3 Å². The third kappa shape index (κ3) is 2.04. The lowest BCUT2D eigenvalue weighted by Gasteiger charge is -2.08. The Labute approximate surface area is 98.1 Å². The Kier molecular flexibility index (Phi) is 2.91. The zero-order chi connectivity index (χ0) is 12.4. The first kappa shape index (κ1) is 11.3. The van der Waals surface area contributed by atoms with Crippen molar-refractivity contribution >= 4 is 17.2 Å². The molecule has 0 aromatic carbocycles. The molecular formula is C12H13N3O2. The molecule has 2 aromatic rings. The first-order chi connectivity index (χ1) is 8.13. The van der Waals surface area contributed by atoms with Crippen molar-refractivity contribution in [3.8, 4) is 0 Å². The molecule has 5 heteroatoms. The summed E-state index contributed by atoms with van der Waals surface area (Å²) in [6.07, 6.45) is 1.96. The lowest BCUT2D eigenvalue weighted by Crippen LogP contribution is -2.24. The minimum absolute atomic E-state index is 0.192. The summed E-state index contributed by atoms with van der Waals surface area (Å²) in [6.45, 7) is 3.44. The minimum atomic E-state index is -0.255. The Hall–Kier alpha value is -2.17. The van der Waals surface area contributed by atoms with E-state index in [0.29, 0.717) is 17.8 Å². The molecule has 1 N–H and O–H groups in total. The van der Waals surface area contributed by atoms with Crippen LogP contribution in [0.25, 0.3) is 5.65 Å². The summed E-state index contributed by atoms with van der Waals surface area (Å²) >= 11 is 0. The molecule has 0 radical (unpaired) electrons. The third-order valence-electron chi connectivity index (χ3n) is 2.50. The molecule has 0 atom stereocenters. The standard InChI is InChI=1S/C12H13N3O2/c1-3-10(16)14-11-8(2)13-9-6-4-5-7-15(9)12(11)17/h4-7H,3H2,1-2H3,(H,14,16). The van der Waals surface area contributed by atoms with Crippen LogP contribution in [0.3, 0.4) is 0 Å². The second-order valence-corrected chi connectivity index (χ2v) is 3.71. The molecule has 17 heavy (non-hydrogen) atoms. The first-order valence-corrected chi connectivity index (χ1v) is 5.41. The summed E-state index contributed by atoms with van der Waals surface area (Å²) in [5, 5.41) is 2.59. The van der Waals surface area contributed by atoms with Crippen LogP contribution in [0.4, 0.5) is 5.69 Å². The molecule has 2 aromatic heterocycles. The predicted molar refractivity (Wildman–Crippen MR) is 65.1 cm³/mol. The highest BCUT2D eigenvalue weighted by atomic mass is 16.2. The number of rotatable bonds is 2. The number of aromatic nitrogens is 2. The number of hydrogen-bond acceptors (Lipinski definition) is 3. The largest absolute Gasteiger partial charge is 0.320 e. The lowest BCUT2D eigenvalue weighted by molar-refractivity contribution is -0.115. The van der Waals surface area contributed by atoms with Crippen LogP contribution in [-0.2, 0) is 4.79 Å². The smallest absolute Gasteiger partial charge is 0.281 e. The molecule has 0 saturated heterocycles. The fourth-order valence-electron chi connectivity index (χ4n) is 1.57. The van der Waals surface area contributed by atoms with Crippen LogP contribution in [-0.4, -0.2) is 15.3 Å². The highest BCUT2D eigenvalue weighted by molar-refractivity contribution is 5.90. The third-order valence-corrected chi connectivity index (χ3v) is 2.50. The maximum atomic E-state index is 12.1. The van der Waals surface area contributed by atoms with Crippen molar-refractivity contribution in [1.82, 2.24) is 9.38 Å². The van der Waals surface area contributed by atoms with E-state index in [4.69, 9.17) is 0 Å². The molecule has 0 aliphatic carbocycles. The fraction of sp³-hybridized carbons (Fsp3) is 0.250. The van der Waals surface area contributed by atoms with Gasteiger partial charge in [-0.2, -0.15) is 0 Å². The summed E-state index contributed by atoms with van der Waals surface area (Å²) in [5.74, 6) is -0.192. The van der Waals surface area contributed by atoms with Crippen LogP contribution in [0.15, 0.2) is 29.2 Å². The van der Waals surface area contributed by atoms with Gasteiger partial charge in [0.15, 0.2) is 0 Å². The maximum Gasteiger partial charge on any atom is 0.281 e. The summed E-state index contributed by atoms with van der Waals surface area (Å²) < 4.78 is 1.41. The normalized spacial score (nSPS) is 10.5. The zero-order valence-corrected chi connectivity index (χ0v) is 9.73. The van der Waals surface area contributed by atoms with Crippen molar-refractivity contribution in [2.24, 2.45) is 0 Å². The summed E-state index contributed by atoms with van der Waals surface area (Å²) in [5.41, 5.74) is 1.10. The Morgan fingerprint density at radius 1 is 1.47 bits per heavy atom. The molecule has 0 fully saturated rings. The van der Waals surface area contributed by atoms with E-state index in [2.05, 4.69) is 10.3 Å². The Morgan fingerprint density at radius 3 is 2.94 bits per heavy atom. The van der Waals surface area contributed by atoms with Gasteiger partial charge in [-0.05, 0) is 19.1 Å². The quantitative estimate of drug-likeness (QED) is 0.848. The molecule has 0 saturated carbocycles. The molecule has 1 amide bonds. The second-order valence-electron chi connectivity index (χ2n) is 3.71. The summed E-state index contributed by atoms with van der Waals surface area (Å²) in [7, 11) is 0. The van der Waals surface area contributed by atoms with Crippen LogP contribution in [0.1, 0.15) is 19.0 Å². The second kappa shape index (κ2) is 4.37. The van der Waals surface area contributed by atoms with Crippen LogP contribution in [0.5, 0.6) is 0 Å². The molecule has 2 rings (SSSR count). The minimum Gasteiger partial charge on any atom is -0.320 e. The van der Waals surface area contributed by atoms with E-state index in [1.54, 1.807) is 32.2 Å². The van der Waals surface area contributed by atoms with Crippen LogP contribution < -0.4 is 10.9 Å². The van der Waals surface area contributed by atoms with Gasteiger partial charge in [0.2, 0.25) is 5.91 Å². The van der Waals surface area contributed by atoms with Gasteiger partial charge in [-0.25, -0.2) is 4.98 Å². The average molecular weight is 231 g/mol. The monoisotopic (exact) mass is 231 g/mol. The molecule has 0 aliphatic heterocycles. The van der Waals surface area contributed by atoms with Crippen LogP contribution in [0.2, 0.25) is 0 Å². The van der Waals surface area contributed by atoms with Gasteiger partial charge in [0.25, 0.3) is 5.56 Å². The predicted octanol–water partition coefficient (Wildman–Crippen LogP) is 1.35. The number of nitrogens with zero attached hydrogens (tertiary/aromatic N) is 2. The molecule has 2 heterocycles. The molecule has 5 nitrogen and oxygen atoms in total. The summed E-state index contributed by atoms with van der Waals surface area (Å²) in [6, 6.07) is 5.31. The molecule has 0 spiro atoms.